The zero-order valence-electron chi connectivity index (χ0n) is 12.1. The molecule has 0 unspecified atom stereocenters. The number of carbonyl (C=O) groups excluding carboxylic acids is 1. The number of amides is 1. The molecule has 1 heterocycles. The quantitative estimate of drug-likeness (QED) is 0.828. The number of benzene rings is 1. The molecule has 124 valence electrons. The Kier molecular flexibility index (Phi) is 4.87. The van der Waals surface area contributed by atoms with Crippen LogP contribution in [-0.4, -0.2) is 21.6 Å². The van der Waals surface area contributed by atoms with Crippen molar-refractivity contribution in [2.75, 3.05) is 10.6 Å². The molecule has 0 aliphatic rings. The van der Waals surface area contributed by atoms with E-state index in [9.17, 15) is 22.4 Å². The summed E-state index contributed by atoms with van der Waals surface area (Å²) in [7, 11) is 0. The number of rotatable bonds is 5. The molecule has 0 saturated heterocycles. The van der Waals surface area contributed by atoms with Crippen LogP contribution in [0.4, 0.5) is 28.9 Å². The molecule has 2 rings (SSSR count). The van der Waals surface area contributed by atoms with Gasteiger partial charge in [0.25, 0.3) is 0 Å². The molecule has 5 nitrogen and oxygen atoms in total. The van der Waals surface area contributed by atoms with Crippen LogP contribution in [0.25, 0.3) is 0 Å². The highest BCUT2D eigenvalue weighted by atomic mass is 19.4. The van der Waals surface area contributed by atoms with Crippen LogP contribution in [0.5, 0.6) is 0 Å². The minimum Gasteiger partial charge on any atom is -0.375 e. The van der Waals surface area contributed by atoms with E-state index in [4.69, 9.17) is 0 Å². The van der Waals surface area contributed by atoms with Crippen LogP contribution in [-0.2, 0) is 17.9 Å². The van der Waals surface area contributed by atoms with Gasteiger partial charge in [-0.1, -0.05) is 0 Å². The van der Waals surface area contributed by atoms with E-state index in [2.05, 4.69) is 15.6 Å². The molecule has 0 atom stereocenters. The Bertz CT molecular complexity index is 696. The number of nitrogens with zero attached hydrogens (tertiary/aromatic N) is 2. The Hall–Kier alpha value is -2.58. The molecular weight excluding hydrogens is 316 g/mol. The normalized spacial score (nSPS) is 11.3. The van der Waals surface area contributed by atoms with E-state index in [1.54, 1.807) is 0 Å². The van der Waals surface area contributed by atoms with Crippen LogP contribution in [0, 0.1) is 5.82 Å². The molecule has 0 spiro atoms. The molecule has 0 aliphatic carbocycles. The molecule has 0 fully saturated rings. The van der Waals surface area contributed by atoms with Crippen molar-refractivity contribution in [2.24, 2.45) is 0 Å². The number of hydrogen-bond acceptors (Lipinski definition) is 3. The number of anilines is 2. The first kappa shape index (κ1) is 16.8. The lowest BCUT2D eigenvalue weighted by atomic mass is 10.2. The number of carbonyl (C=O) groups is 1. The fraction of sp³-hybridized carbons (Fsp3) is 0.286. The molecule has 0 radical (unpaired) electrons. The second kappa shape index (κ2) is 6.67. The average molecular weight is 330 g/mol. The second-order valence-corrected chi connectivity index (χ2v) is 4.82. The predicted octanol–water partition coefficient (Wildman–Crippen LogP) is 3.16. The number of hydrogen-bond donors (Lipinski definition) is 2. The summed E-state index contributed by atoms with van der Waals surface area (Å²) in [6.45, 7) is 0.0480. The summed E-state index contributed by atoms with van der Waals surface area (Å²) in [5.74, 6) is -0.789. The smallest absolute Gasteiger partial charge is 0.375 e. The van der Waals surface area contributed by atoms with E-state index in [0.29, 0.717) is 5.69 Å². The first-order valence-corrected chi connectivity index (χ1v) is 6.62. The number of halogens is 4. The van der Waals surface area contributed by atoms with Crippen molar-refractivity contribution in [1.82, 2.24) is 9.55 Å². The standard InChI is InChI=1S/C14H14F4N4O/c1-9(23)21-10-2-3-11(15)12(6-10)20-7-13-19-4-5-22(13)8-14(16,17)18/h2-6,20H,7-8H2,1H3,(H,21,23). The van der Waals surface area contributed by atoms with Gasteiger partial charge in [0, 0.05) is 25.0 Å². The number of imidazole rings is 1. The highest BCUT2D eigenvalue weighted by molar-refractivity contribution is 5.89. The van der Waals surface area contributed by atoms with E-state index >= 15 is 0 Å². The Balaban J connectivity index is 2.09. The van der Waals surface area contributed by atoms with Crippen LogP contribution in [0.1, 0.15) is 12.7 Å². The Morgan fingerprint density at radius 1 is 1.35 bits per heavy atom. The molecule has 0 aliphatic heterocycles. The van der Waals surface area contributed by atoms with Crippen molar-refractivity contribution in [3.05, 3.63) is 42.2 Å². The Morgan fingerprint density at radius 2 is 2.09 bits per heavy atom. The van der Waals surface area contributed by atoms with Crippen molar-refractivity contribution in [3.8, 4) is 0 Å². The first-order valence-electron chi connectivity index (χ1n) is 6.62. The van der Waals surface area contributed by atoms with Crippen molar-refractivity contribution < 1.29 is 22.4 Å². The molecule has 2 N–H and O–H groups in total. The van der Waals surface area contributed by atoms with Gasteiger partial charge in [-0.25, -0.2) is 9.37 Å². The largest absolute Gasteiger partial charge is 0.406 e. The molecule has 9 heteroatoms. The van der Waals surface area contributed by atoms with Crippen LogP contribution in [0.2, 0.25) is 0 Å². The molecule has 0 bridgehead atoms. The van der Waals surface area contributed by atoms with Gasteiger partial charge in [0.2, 0.25) is 5.91 Å². The predicted molar refractivity (Wildman–Crippen MR) is 76.3 cm³/mol. The van der Waals surface area contributed by atoms with Gasteiger partial charge in [-0.2, -0.15) is 13.2 Å². The van der Waals surface area contributed by atoms with Crippen molar-refractivity contribution in [3.63, 3.8) is 0 Å². The third kappa shape index (κ3) is 4.97. The topological polar surface area (TPSA) is 59.0 Å². The maximum absolute atomic E-state index is 13.7. The van der Waals surface area contributed by atoms with Crippen LogP contribution < -0.4 is 10.6 Å². The minimum atomic E-state index is -4.37. The van der Waals surface area contributed by atoms with Crippen LogP contribution in [0.15, 0.2) is 30.6 Å². The number of aromatic nitrogens is 2. The summed E-state index contributed by atoms with van der Waals surface area (Å²) in [6, 6.07) is 3.89. The summed E-state index contributed by atoms with van der Waals surface area (Å²) in [4.78, 5) is 14.8. The molecular formula is C14H14F4N4O. The maximum Gasteiger partial charge on any atom is 0.406 e. The molecule has 2 aromatic rings. The molecule has 0 saturated carbocycles. The van der Waals surface area contributed by atoms with Gasteiger partial charge in [-0.05, 0) is 18.2 Å². The van der Waals surface area contributed by atoms with Crippen molar-refractivity contribution >= 4 is 17.3 Å². The lowest BCUT2D eigenvalue weighted by Gasteiger charge is -2.13. The average Bonchev–Trinajstić information content (AvgIpc) is 2.84. The van der Waals surface area contributed by atoms with Crippen molar-refractivity contribution in [1.29, 1.82) is 0 Å². The summed E-state index contributed by atoms with van der Waals surface area (Å²) >= 11 is 0. The highest BCUT2D eigenvalue weighted by Crippen LogP contribution is 2.21. The van der Waals surface area contributed by atoms with E-state index in [1.807, 2.05) is 0 Å². The number of alkyl halides is 3. The van der Waals surface area contributed by atoms with E-state index in [0.717, 1.165) is 10.6 Å². The summed E-state index contributed by atoms with van der Waals surface area (Å²) in [5.41, 5.74) is 0.429. The van der Waals surface area contributed by atoms with E-state index < -0.39 is 18.5 Å². The van der Waals surface area contributed by atoms with Crippen molar-refractivity contribution in [2.45, 2.75) is 26.2 Å². The van der Waals surface area contributed by atoms with Gasteiger partial charge in [0.1, 0.15) is 18.2 Å². The van der Waals surface area contributed by atoms with Gasteiger partial charge < -0.3 is 15.2 Å². The Labute approximate surface area is 129 Å². The lowest BCUT2D eigenvalue weighted by molar-refractivity contribution is -0.141. The highest BCUT2D eigenvalue weighted by Gasteiger charge is 2.28. The van der Waals surface area contributed by atoms with Crippen LogP contribution in [0.3, 0.4) is 0 Å². The minimum absolute atomic E-state index is 0.0535. The lowest BCUT2D eigenvalue weighted by Crippen LogP contribution is -2.20. The summed E-state index contributed by atoms with van der Waals surface area (Å²) < 4.78 is 52.0. The summed E-state index contributed by atoms with van der Waals surface area (Å²) in [5, 5.41) is 5.17. The monoisotopic (exact) mass is 330 g/mol. The first-order chi connectivity index (χ1) is 10.7. The Morgan fingerprint density at radius 3 is 2.74 bits per heavy atom. The maximum atomic E-state index is 13.7. The molecule has 1 aromatic carbocycles. The molecule has 1 amide bonds. The van der Waals surface area contributed by atoms with Gasteiger partial charge in [-0.3, -0.25) is 4.79 Å². The zero-order valence-corrected chi connectivity index (χ0v) is 12.1. The summed E-state index contributed by atoms with van der Waals surface area (Å²) in [6.07, 6.45) is -1.92. The van der Waals surface area contributed by atoms with Gasteiger partial charge in [-0.15, -0.1) is 0 Å². The SMILES string of the molecule is CC(=O)Nc1ccc(F)c(NCc2nccn2CC(F)(F)F)c1. The van der Waals surface area contributed by atoms with Gasteiger partial charge in [0.15, 0.2) is 0 Å². The number of nitrogens with one attached hydrogen (secondary N) is 2. The van der Waals surface area contributed by atoms with Crippen LogP contribution >= 0.6 is 0 Å². The third-order valence-corrected chi connectivity index (χ3v) is 2.88. The van der Waals surface area contributed by atoms with Gasteiger partial charge in [0.05, 0.1) is 12.2 Å². The van der Waals surface area contributed by atoms with E-state index in [1.165, 1.54) is 31.5 Å². The molecule has 1 aromatic heterocycles. The van der Waals surface area contributed by atoms with E-state index in [-0.39, 0.29) is 24.0 Å². The second-order valence-electron chi connectivity index (χ2n) is 4.82. The molecule has 23 heavy (non-hydrogen) atoms. The third-order valence-electron chi connectivity index (χ3n) is 2.88. The fourth-order valence-corrected chi connectivity index (χ4v) is 1.96. The fourth-order valence-electron chi connectivity index (χ4n) is 1.96. The zero-order chi connectivity index (χ0) is 17.0. The van der Waals surface area contributed by atoms with Gasteiger partial charge >= 0.3 is 6.18 Å².